The van der Waals surface area contributed by atoms with Crippen molar-refractivity contribution in [1.29, 1.82) is 0 Å². The highest BCUT2D eigenvalue weighted by molar-refractivity contribution is 6.32. The van der Waals surface area contributed by atoms with E-state index < -0.39 is 5.38 Å². The molecule has 2 atom stereocenters. The molecular formula is C24H28ClN3O3. The first-order chi connectivity index (χ1) is 15.1. The molecule has 2 saturated heterocycles. The van der Waals surface area contributed by atoms with Gasteiger partial charge < -0.3 is 20.3 Å². The van der Waals surface area contributed by atoms with Gasteiger partial charge >= 0.3 is 0 Å². The fourth-order valence-corrected chi connectivity index (χ4v) is 4.32. The molecule has 0 spiro atoms. The molecule has 2 aliphatic rings. The minimum absolute atomic E-state index is 0.0740. The Bertz CT molecular complexity index is 910. The first-order valence-electron chi connectivity index (χ1n) is 10.9. The minimum Gasteiger partial charge on any atom is -0.376 e. The number of anilines is 2. The van der Waals surface area contributed by atoms with Crippen molar-refractivity contribution in [1.82, 2.24) is 5.32 Å². The van der Waals surface area contributed by atoms with Gasteiger partial charge in [-0.05, 0) is 49.4 Å². The second-order valence-electron chi connectivity index (χ2n) is 8.03. The molecule has 0 aromatic heterocycles. The number of halogens is 1. The number of carbonyl (C=O) groups is 2. The summed E-state index contributed by atoms with van der Waals surface area (Å²) in [5, 5.41) is 5.05. The predicted molar refractivity (Wildman–Crippen MR) is 123 cm³/mol. The Kier molecular flexibility index (Phi) is 7.10. The molecular weight excluding hydrogens is 414 g/mol. The number of hydrogen-bond donors (Lipinski definition) is 2. The lowest BCUT2D eigenvalue weighted by Crippen LogP contribution is -2.33. The summed E-state index contributed by atoms with van der Waals surface area (Å²) in [5.74, 6) is -0.480. The maximum atomic E-state index is 13.0. The van der Waals surface area contributed by atoms with Crippen LogP contribution >= 0.6 is 11.6 Å². The van der Waals surface area contributed by atoms with Crippen molar-refractivity contribution in [2.45, 2.75) is 37.2 Å². The molecule has 0 radical (unpaired) electrons. The molecule has 0 bridgehead atoms. The summed E-state index contributed by atoms with van der Waals surface area (Å²) in [6, 6.07) is 14.7. The summed E-state index contributed by atoms with van der Waals surface area (Å²) in [6.45, 7) is 3.10. The number of nitrogens with zero attached hydrogens (tertiary/aromatic N) is 1. The molecule has 2 unspecified atom stereocenters. The second-order valence-corrected chi connectivity index (χ2v) is 8.47. The maximum absolute atomic E-state index is 13.0. The number of ether oxygens (including phenoxy) is 1. The van der Waals surface area contributed by atoms with Gasteiger partial charge in [0.25, 0.3) is 5.91 Å². The van der Waals surface area contributed by atoms with E-state index in [-0.39, 0.29) is 17.9 Å². The summed E-state index contributed by atoms with van der Waals surface area (Å²) in [4.78, 5) is 27.9. The van der Waals surface area contributed by atoms with E-state index in [1.54, 1.807) is 6.07 Å². The van der Waals surface area contributed by atoms with E-state index in [2.05, 4.69) is 15.5 Å². The first-order valence-corrected chi connectivity index (χ1v) is 11.3. The lowest BCUT2D eigenvalue weighted by Gasteiger charge is -2.22. The SMILES string of the molecule is O=C(NCC1CCCO1)c1cc(NC(=O)C(Cl)c2ccccc2)ccc1N1CCCC1. The van der Waals surface area contributed by atoms with Crippen LogP contribution in [-0.2, 0) is 9.53 Å². The van der Waals surface area contributed by atoms with Gasteiger partial charge in [0.2, 0.25) is 5.91 Å². The average Bonchev–Trinajstić information content (AvgIpc) is 3.52. The van der Waals surface area contributed by atoms with Crippen LogP contribution in [0.1, 0.15) is 47.0 Å². The van der Waals surface area contributed by atoms with Crippen molar-refractivity contribution in [3.63, 3.8) is 0 Å². The topological polar surface area (TPSA) is 70.7 Å². The van der Waals surface area contributed by atoms with E-state index in [1.807, 2.05) is 42.5 Å². The van der Waals surface area contributed by atoms with Crippen molar-refractivity contribution in [3.8, 4) is 0 Å². The van der Waals surface area contributed by atoms with E-state index in [0.29, 0.717) is 17.8 Å². The number of nitrogens with one attached hydrogen (secondary N) is 2. The summed E-state index contributed by atoms with van der Waals surface area (Å²) >= 11 is 6.35. The van der Waals surface area contributed by atoms with Gasteiger partial charge in [-0.25, -0.2) is 0 Å². The van der Waals surface area contributed by atoms with Gasteiger partial charge in [-0.2, -0.15) is 0 Å². The molecule has 6 nitrogen and oxygen atoms in total. The summed E-state index contributed by atoms with van der Waals surface area (Å²) in [6.07, 6.45) is 4.29. The highest BCUT2D eigenvalue weighted by Crippen LogP contribution is 2.29. The van der Waals surface area contributed by atoms with Gasteiger partial charge in [0.15, 0.2) is 0 Å². The highest BCUT2D eigenvalue weighted by atomic mass is 35.5. The third-order valence-corrected chi connectivity index (χ3v) is 6.24. The fourth-order valence-electron chi connectivity index (χ4n) is 4.12. The van der Waals surface area contributed by atoms with E-state index in [4.69, 9.17) is 16.3 Å². The van der Waals surface area contributed by atoms with Gasteiger partial charge in [0.1, 0.15) is 5.38 Å². The number of benzene rings is 2. The van der Waals surface area contributed by atoms with Crippen molar-refractivity contribution in [2.24, 2.45) is 0 Å². The number of rotatable bonds is 7. The fraction of sp³-hybridized carbons (Fsp3) is 0.417. The molecule has 0 saturated carbocycles. The van der Waals surface area contributed by atoms with Crippen LogP contribution in [0, 0.1) is 0 Å². The van der Waals surface area contributed by atoms with Gasteiger partial charge in [-0.3, -0.25) is 9.59 Å². The normalized spacial score (nSPS) is 19.3. The van der Waals surface area contributed by atoms with Crippen LogP contribution in [0.25, 0.3) is 0 Å². The van der Waals surface area contributed by atoms with Crippen LogP contribution in [0.4, 0.5) is 11.4 Å². The summed E-state index contributed by atoms with van der Waals surface area (Å²) < 4.78 is 5.62. The van der Waals surface area contributed by atoms with E-state index >= 15 is 0 Å². The lowest BCUT2D eigenvalue weighted by atomic mass is 10.1. The van der Waals surface area contributed by atoms with Gasteiger partial charge in [-0.1, -0.05) is 30.3 Å². The quantitative estimate of drug-likeness (QED) is 0.634. The number of carbonyl (C=O) groups excluding carboxylic acids is 2. The smallest absolute Gasteiger partial charge is 0.253 e. The zero-order chi connectivity index (χ0) is 21.6. The van der Waals surface area contributed by atoms with Gasteiger partial charge in [-0.15, -0.1) is 11.6 Å². The standard InChI is InChI=1S/C24H28ClN3O3/c25-22(17-7-2-1-3-8-17)24(30)27-18-10-11-21(28-12-4-5-13-28)20(15-18)23(29)26-16-19-9-6-14-31-19/h1-3,7-8,10-11,15,19,22H,4-6,9,12-14,16H2,(H,26,29)(H,27,30). The highest BCUT2D eigenvalue weighted by Gasteiger charge is 2.23. The molecule has 2 aromatic carbocycles. The van der Waals surface area contributed by atoms with Crippen molar-refractivity contribution in [3.05, 3.63) is 59.7 Å². The molecule has 2 aliphatic heterocycles. The van der Waals surface area contributed by atoms with E-state index in [1.165, 1.54) is 0 Å². The monoisotopic (exact) mass is 441 g/mol. The molecule has 164 valence electrons. The number of hydrogen-bond acceptors (Lipinski definition) is 4. The van der Waals surface area contributed by atoms with E-state index in [9.17, 15) is 9.59 Å². The predicted octanol–water partition coefficient (Wildman–Crippen LogP) is 4.11. The molecule has 4 rings (SSSR count). The van der Waals surface area contributed by atoms with Crippen LogP contribution in [0.5, 0.6) is 0 Å². The molecule has 0 aliphatic carbocycles. The van der Waals surface area contributed by atoms with Crippen molar-refractivity contribution >= 4 is 34.8 Å². The van der Waals surface area contributed by atoms with Gasteiger partial charge in [0.05, 0.1) is 11.7 Å². The molecule has 31 heavy (non-hydrogen) atoms. The Morgan fingerprint density at radius 2 is 1.87 bits per heavy atom. The van der Waals surface area contributed by atoms with Crippen LogP contribution in [0.15, 0.2) is 48.5 Å². The number of amides is 2. The minimum atomic E-state index is -0.809. The van der Waals surface area contributed by atoms with Crippen LogP contribution in [-0.4, -0.2) is 44.2 Å². The third kappa shape index (κ3) is 5.38. The first kappa shape index (κ1) is 21.7. The van der Waals surface area contributed by atoms with Crippen molar-refractivity contribution < 1.29 is 14.3 Å². The van der Waals surface area contributed by atoms with Gasteiger partial charge in [0, 0.05) is 37.6 Å². The van der Waals surface area contributed by atoms with Crippen LogP contribution in [0.2, 0.25) is 0 Å². The zero-order valence-corrected chi connectivity index (χ0v) is 18.2. The van der Waals surface area contributed by atoms with E-state index in [0.717, 1.165) is 56.6 Å². The Morgan fingerprint density at radius 3 is 2.58 bits per heavy atom. The molecule has 2 amide bonds. The largest absolute Gasteiger partial charge is 0.376 e. The second kappa shape index (κ2) is 10.2. The average molecular weight is 442 g/mol. The van der Waals surface area contributed by atoms with Crippen molar-refractivity contribution in [2.75, 3.05) is 36.5 Å². The Hall–Kier alpha value is -2.57. The summed E-state index contributed by atoms with van der Waals surface area (Å²) in [5.41, 5.74) is 2.73. The Morgan fingerprint density at radius 1 is 1.10 bits per heavy atom. The molecule has 7 heteroatoms. The molecule has 2 N–H and O–H groups in total. The third-order valence-electron chi connectivity index (χ3n) is 5.79. The molecule has 2 fully saturated rings. The molecule has 2 heterocycles. The summed E-state index contributed by atoms with van der Waals surface area (Å²) in [7, 11) is 0. The van der Waals surface area contributed by atoms with Crippen LogP contribution < -0.4 is 15.5 Å². The Balaban J connectivity index is 1.51. The lowest BCUT2D eigenvalue weighted by molar-refractivity contribution is -0.116. The number of alkyl halides is 1. The Labute approximate surface area is 187 Å². The zero-order valence-electron chi connectivity index (χ0n) is 17.5. The molecule has 2 aromatic rings. The van der Waals surface area contributed by atoms with Crippen LogP contribution in [0.3, 0.4) is 0 Å². The maximum Gasteiger partial charge on any atom is 0.253 e.